The largest absolute Gasteiger partial charge is 0.264 e. The average molecular weight is 423 g/mol. The fourth-order valence-corrected chi connectivity index (χ4v) is 4.43. The number of aryl methyl sites for hydroxylation is 1. The number of rotatable bonds is 8. The molecule has 0 aliphatic carbocycles. The zero-order valence-electron chi connectivity index (χ0n) is 16.4. The van der Waals surface area contributed by atoms with Crippen molar-refractivity contribution in [2.24, 2.45) is 0 Å². The van der Waals surface area contributed by atoms with E-state index in [1.165, 1.54) is 12.1 Å². The lowest BCUT2D eigenvalue weighted by Crippen LogP contribution is -2.40. The highest BCUT2D eigenvalue weighted by Crippen LogP contribution is 2.30. The van der Waals surface area contributed by atoms with E-state index < -0.39 is 27.0 Å². The number of hydrogen-bond acceptors (Lipinski definition) is 4. The molecule has 0 saturated carbocycles. The Bertz CT molecular complexity index is 1130. The monoisotopic (exact) mass is 422 g/mol. The Morgan fingerprint density at radius 1 is 0.933 bits per heavy atom. The molecule has 0 aromatic heterocycles. The number of nitro groups is 1. The molecule has 0 radical (unpaired) electrons. The molecule has 30 heavy (non-hydrogen) atoms. The Morgan fingerprint density at radius 3 is 2.00 bits per heavy atom. The van der Waals surface area contributed by atoms with E-state index in [1.54, 1.807) is 72.8 Å². The molecular formula is C23H22N2O4S. The van der Waals surface area contributed by atoms with Gasteiger partial charge in [-0.05, 0) is 30.2 Å². The fraction of sp³-hybridized carbons (Fsp3) is 0.130. The lowest BCUT2D eigenvalue weighted by atomic mass is 9.91. The molecule has 0 unspecified atom stereocenters. The van der Waals surface area contributed by atoms with Gasteiger partial charge < -0.3 is 0 Å². The summed E-state index contributed by atoms with van der Waals surface area (Å²) in [6.45, 7) is 5.78. The third kappa shape index (κ3) is 4.82. The second kappa shape index (κ2) is 9.02. The summed E-state index contributed by atoms with van der Waals surface area (Å²) in [7, 11) is -4.01. The number of nitrogens with zero attached hydrogens (tertiary/aromatic N) is 1. The van der Waals surface area contributed by atoms with Gasteiger partial charge in [-0.25, -0.2) is 8.42 Å². The van der Waals surface area contributed by atoms with E-state index in [4.69, 9.17) is 0 Å². The first kappa shape index (κ1) is 21.4. The van der Waals surface area contributed by atoms with Gasteiger partial charge in [0.25, 0.3) is 6.04 Å². The molecular weight excluding hydrogens is 400 g/mol. The summed E-state index contributed by atoms with van der Waals surface area (Å²) in [5.41, 5.74) is 2.19. The van der Waals surface area contributed by atoms with Gasteiger partial charge in [-0.1, -0.05) is 84.9 Å². The van der Waals surface area contributed by atoms with Crippen LogP contribution in [0.2, 0.25) is 0 Å². The Labute approximate surface area is 176 Å². The van der Waals surface area contributed by atoms with Crippen LogP contribution in [0.3, 0.4) is 0 Å². The maximum atomic E-state index is 13.0. The van der Waals surface area contributed by atoms with Gasteiger partial charge in [0, 0.05) is 10.5 Å². The van der Waals surface area contributed by atoms with Crippen LogP contribution in [-0.2, 0) is 10.0 Å². The molecule has 154 valence electrons. The molecule has 0 saturated heterocycles. The van der Waals surface area contributed by atoms with Crippen LogP contribution in [0, 0.1) is 17.0 Å². The van der Waals surface area contributed by atoms with Gasteiger partial charge in [-0.15, -0.1) is 0 Å². The van der Waals surface area contributed by atoms with E-state index in [2.05, 4.69) is 11.3 Å². The average Bonchev–Trinajstić information content (AvgIpc) is 2.74. The maximum Gasteiger partial charge on any atom is 0.258 e. The van der Waals surface area contributed by atoms with Crippen LogP contribution >= 0.6 is 0 Å². The van der Waals surface area contributed by atoms with Gasteiger partial charge in [0.15, 0.2) is 0 Å². The van der Waals surface area contributed by atoms with Crippen LogP contribution in [-0.4, -0.2) is 19.4 Å². The molecule has 6 nitrogen and oxygen atoms in total. The third-order valence-electron chi connectivity index (χ3n) is 4.82. The smallest absolute Gasteiger partial charge is 0.258 e. The van der Waals surface area contributed by atoms with E-state index in [1.807, 2.05) is 6.92 Å². The topological polar surface area (TPSA) is 89.3 Å². The first-order valence-electron chi connectivity index (χ1n) is 9.31. The summed E-state index contributed by atoms with van der Waals surface area (Å²) in [4.78, 5) is 11.7. The summed E-state index contributed by atoms with van der Waals surface area (Å²) < 4.78 is 28.6. The molecule has 0 heterocycles. The van der Waals surface area contributed by atoms with Crippen molar-refractivity contribution in [3.63, 3.8) is 0 Å². The maximum absolute atomic E-state index is 13.0. The summed E-state index contributed by atoms with van der Waals surface area (Å²) in [5, 5.41) is 12.1. The molecule has 3 rings (SSSR count). The van der Waals surface area contributed by atoms with Crippen LogP contribution < -0.4 is 4.72 Å². The predicted molar refractivity (Wildman–Crippen MR) is 117 cm³/mol. The highest BCUT2D eigenvalue weighted by molar-refractivity contribution is 7.89. The van der Waals surface area contributed by atoms with Crippen LogP contribution in [0.25, 0.3) is 5.57 Å². The molecule has 3 aromatic carbocycles. The number of nitrogens with one attached hydrogen (secondary N) is 1. The molecule has 7 heteroatoms. The minimum atomic E-state index is -4.01. The van der Waals surface area contributed by atoms with Crippen LogP contribution in [0.4, 0.5) is 0 Å². The fourth-order valence-electron chi connectivity index (χ4n) is 3.20. The van der Waals surface area contributed by atoms with Crippen molar-refractivity contribution in [1.82, 2.24) is 4.72 Å². The summed E-state index contributed by atoms with van der Waals surface area (Å²) in [5.74, 6) is 0. The van der Waals surface area contributed by atoms with Gasteiger partial charge in [-0.2, -0.15) is 4.72 Å². The Kier molecular flexibility index (Phi) is 6.44. The summed E-state index contributed by atoms with van der Waals surface area (Å²) in [6.07, 6.45) is 0. The molecule has 0 bridgehead atoms. The lowest BCUT2D eigenvalue weighted by Gasteiger charge is -2.24. The van der Waals surface area contributed by atoms with E-state index >= 15 is 0 Å². The van der Waals surface area contributed by atoms with Crippen molar-refractivity contribution >= 4 is 15.6 Å². The molecule has 0 aliphatic rings. The third-order valence-corrected chi connectivity index (χ3v) is 6.27. The highest BCUT2D eigenvalue weighted by Gasteiger charge is 2.39. The first-order valence-corrected chi connectivity index (χ1v) is 10.8. The minimum absolute atomic E-state index is 0.0430. The zero-order valence-corrected chi connectivity index (χ0v) is 17.2. The molecule has 0 aliphatic heterocycles. The quantitative estimate of drug-likeness (QED) is 0.431. The molecule has 0 amide bonds. The van der Waals surface area contributed by atoms with Gasteiger partial charge in [0.2, 0.25) is 10.0 Å². The normalized spacial score (nSPS) is 13.4. The SMILES string of the molecule is C=C(c1ccccc1)[C@H]([C@H](NS(=O)(=O)c1ccc(C)cc1)c1ccccc1)[N+](=O)[O-]. The Hall–Kier alpha value is -3.29. The van der Waals surface area contributed by atoms with Gasteiger partial charge in [0.05, 0.1) is 4.90 Å². The van der Waals surface area contributed by atoms with E-state index in [9.17, 15) is 18.5 Å². The van der Waals surface area contributed by atoms with E-state index in [0.29, 0.717) is 11.1 Å². The van der Waals surface area contributed by atoms with Crippen molar-refractivity contribution in [1.29, 1.82) is 0 Å². The van der Waals surface area contributed by atoms with Gasteiger partial charge in [-0.3, -0.25) is 10.1 Å². The molecule has 0 fully saturated rings. The van der Waals surface area contributed by atoms with Crippen LogP contribution in [0.5, 0.6) is 0 Å². The first-order chi connectivity index (χ1) is 14.3. The highest BCUT2D eigenvalue weighted by atomic mass is 32.2. The lowest BCUT2D eigenvalue weighted by molar-refractivity contribution is -0.510. The second-order valence-corrected chi connectivity index (χ2v) is 8.66. The van der Waals surface area contributed by atoms with E-state index in [0.717, 1.165) is 5.56 Å². The summed E-state index contributed by atoms with van der Waals surface area (Å²) in [6, 6.07) is 21.1. The molecule has 3 aromatic rings. The van der Waals surface area contributed by atoms with Gasteiger partial charge >= 0.3 is 0 Å². The number of sulfonamides is 1. The van der Waals surface area contributed by atoms with Crippen molar-refractivity contribution in [3.05, 3.63) is 118 Å². The number of hydrogen-bond donors (Lipinski definition) is 1. The van der Waals surface area contributed by atoms with Crippen molar-refractivity contribution in [2.75, 3.05) is 0 Å². The van der Waals surface area contributed by atoms with Crippen molar-refractivity contribution < 1.29 is 13.3 Å². The van der Waals surface area contributed by atoms with Crippen molar-refractivity contribution in [2.45, 2.75) is 23.9 Å². The van der Waals surface area contributed by atoms with E-state index in [-0.39, 0.29) is 10.5 Å². The van der Waals surface area contributed by atoms with Crippen LogP contribution in [0.1, 0.15) is 22.7 Å². The molecule has 0 spiro atoms. The van der Waals surface area contributed by atoms with Crippen molar-refractivity contribution in [3.8, 4) is 0 Å². The molecule has 2 atom stereocenters. The second-order valence-electron chi connectivity index (χ2n) is 6.94. The Balaban J connectivity index is 2.06. The molecule has 1 N–H and O–H groups in total. The zero-order chi connectivity index (χ0) is 21.7. The van der Waals surface area contributed by atoms with Crippen LogP contribution in [0.15, 0.2) is 96.4 Å². The van der Waals surface area contributed by atoms with Gasteiger partial charge in [0.1, 0.15) is 6.04 Å². The standard InChI is InChI=1S/C23H22N2O4S/c1-17-13-15-21(16-14-17)30(28,29)24-22(20-11-7-4-8-12-20)23(25(26)27)18(2)19-9-5-3-6-10-19/h3-16,22-24H,2H2,1H3/t22-,23-/m1/s1. The Morgan fingerprint density at radius 2 is 1.47 bits per heavy atom. The summed E-state index contributed by atoms with van der Waals surface area (Å²) >= 11 is 0. The minimum Gasteiger partial charge on any atom is -0.264 e. The predicted octanol–water partition coefficient (Wildman–Crippen LogP) is 4.37. The number of benzene rings is 3.